The van der Waals surface area contributed by atoms with E-state index in [-0.39, 0.29) is 23.1 Å². The molecule has 4 nitrogen and oxygen atoms in total. The molecule has 0 saturated heterocycles. The van der Waals surface area contributed by atoms with E-state index in [4.69, 9.17) is 33.3 Å². The van der Waals surface area contributed by atoms with E-state index in [1.807, 2.05) is 25.1 Å². The molecule has 1 aromatic heterocycles. The maximum Gasteiger partial charge on any atom is 0.432 e. The lowest BCUT2D eigenvalue weighted by Crippen LogP contribution is -2.20. The molecule has 0 radical (unpaired) electrons. The Labute approximate surface area is 214 Å². The van der Waals surface area contributed by atoms with Gasteiger partial charge in [0.25, 0.3) is 0 Å². The number of carbonyl (C=O) groups excluding carboxylic acids is 1. The molecule has 2 aromatic carbocycles. The summed E-state index contributed by atoms with van der Waals surface area (Å²) in [5.41, 5.74) is 2.20. The number of hydrogen-bond donors (Lipinski definition) is 2. The fourth-order valence-electron chi connectivity index (χ4n) is 3.24. The molecule has 0 saturated carbocycles. The Kier molecular flexibility index (Phi) is 8.64. The number of nitrogens with one attached hydrogen (secondary N) is 2. The summed E-state index contributed by atoms with van der Waals surface area (Å²) in [6.45, 7) is 1.99. The van der Waals surface area contributed by atoms with Crippen LogP contribution in [0.3, 0.4) is 0 Å². The molecule has 0 fully saturated rings. The molecule has 10 heteroatoms. The van der Waals surface area contributed by atoms with Gasteiger partial charge in [-0.3, -0.25) is 10.2 Å². The Morgan fingerprint density at radius 1 is 1.11 bits per heavy atom. The van der Waals surface area contributed by atoms with Crippen molar-refractivity contribution in [1.82, 2.24) is 0 Å². The molecular formula is C25H21Cl2F3N2O2S. The average molecular weight is 541 g/mol. The van der Waals surface area contributed by atoms with Crippen molar-refractivity contribution < 1.29 is 22.7 Å². The van der Waals surface area contributed by atoms with E-state index in [0.717, 1.165) is 34.8 Å². The number of allylic oxidation sites excluding steroid dienone is 1. The number of aryl methyl sites for hydroxylation is 1. The molecule has 0 aliphatic carbocycles. The fraction of sp³-hybridized carbons (Fsp3) is 0.200. The first-order valence-corrected chi connectivity index (χ1v) is 12.0. The summed E-state index contributed by atoms with van der Waals surface area (Å²) < 4.78 is 44.2. The second-order valence-electron chi connectivity index (χ2n) is 7.56. The van der Waals surface area contributed by atoms with Gasteiger partial charge in [-0.1, -0.05) is 48.3 Å². The highest BCUT2D eigenvalue weighted by Crippen LogP contribution is 2.35. The van der Waals surface area contributed by atoms with Crippen molar-refractivity contribution in [1.29, 1.82) is 5.41 Å². The van der Waals surface area contributed by atoms with E-state index in [0.29, 0.717) is 15.6 Å². The minimum Gasteiger partial charge on any atom is -0.469 e. The smallest absolute Gasteiger partial charge is 0.432 e. The topological polar surface area (TPSA) is 62.2 Å². The van der Waals surface area contributed by atoms with E-state index in [1.165, 1.54) is 30.6 Å². The molecule has 184 valence electrons. The first kappa shape index (κ1) is 26.8. The van der Waals surface area contributed by atoms with E-state index < -0.39 is 11.9 Å². The predicted octanol–water partition coefficient (Wildman–Crippen LogP) is 8.03. The van der Waals surface area contributed by atoms with Crippen molar-refractivity contribution in [3.05, 3.63) is 80.0 Å². The van der Waals surface area contributed by atoms with Gasteiger partial charge in [0.2, 0.25) is 0 Å². The number of thiophene rings is 1. The number of benzene rings is 2. The van der Waals surface area contributed by atoms with Gasteiger partial charge in [-0.25, -0.2) is 0 Å². The molecule has 3 rings (SSSR count). The third-order valence-electron chi connectivity index (χ3n) is 5.03. The summed E-state index contributed by atoms with van der Waals surface area (Å²) in [4.78, 5) is 12.2. The normalized spacial score (nSPS) is 11.9. The third-order valence-corrected chi connectivity index (χ3v) is 6.56. The van der Waals surface area contributed by atoms with Crippen LogP contribution < -0.4 is 5.32 Å². The quantitative estimate of drug-likeness (QED) is 0.224. The van der Waals surface area contributed by atoms with Gasteiger partial charge in [0.05, 0.1) is 34.8 Å². The summed E-state index contributed by atoms with van der Waals surface area (Å²) in [7, 11) is 1.32. The fourth-order valence-corrected chi connectivity index (χ4v) is 4.46. The SMILES string of the molecule is CCc1cc(CC(=O)OC)cc(-c2csc(/C(=C/C(=N)C(F)(F)F)Nc3cc(Cl)ccc3Cl)c2)c1. The van der Waals surface area contributed by atoms with Crippen LogP contribution in [0.15, 0.2) is 53.9 Å². The largest absolute Gasteiger partial charge is 0.469 e. The number of ether oxygens (including phenoxy) is 1. The monoisotopic (exact) mass is 540 g/mol. The molecule has 0 bridgehead atoms. The first-order valence-electron chi connectivity index (χ1n) is 10.4. The van der Waals surface area contributed by atoms with Crippen LogP contribution in [0.4, 0.5) is 18.9 Å². The van der Waals surface area contributed by atoms with Crippen LogP contribution in [0.25, 0.3) is 16.8 Å². The molecule has 1 heterocycles. The molecule has 35 heavy (non-hydrogen) atoms. The Balaban J connectivity index is 2.04. The first-order chi connectivity index (χ1) is 16.5. The lowest BCUT2D eigenvalue weighted by atomic mass is 9.98. The third kappa shape index (κ3) is 7.10. The molecule has 2 N–H and O–H groups in total. The van der Waals surface area contributed by atoms with Gasteiger partial charge in [-0.15, -0.1) is 11.3 Å². The molecule has 0 atom stereocenters. The highest BCUT2D eigenvalue weighted by molar-refractivity contribution is 7.11. The number of anilines is 1. The van der Waals surface area contributed by atoms with E-state index in [9.17, 15) is 18.0 Å². The Hall–Kier alpha value is -2.81. The van der Waals surface area contributed by atoms with Crippen LogP contribution >= 0.6 is 34.5 Å². The Bertz CT molecular complexity index is 1290. The molecule has 3 aromatic rings. The number of methoxy groups -OCH3 is 1. The van der Waals surface area contributed by atoms with Gasteiger partial charge in [0.1, 0.15) is 5.71 Å². The van der Waals surface area contributed by atoms with Crippen molar-refractivity contribution in [3.8, 4) is 11.1 Å². The number of alkyl halides is 3. The van der Waals surface area contributed by atoms with Crippen LogP contribution in [-0.4, -0.2) is 25.0 Å². The Morgan fingerprint density at radius 2 is 1.83 bits per heavy atom. The zero-order valence-corrected chi connectivity index (χ0v) is 21.1. The maximum atomic E-state index is 13.2. The van der Waals surface area contributed by atoms with Crippen molar-refractivity contribution >= 4 is 57.6 Å². The van der Waals surface area contributed by atoms with Crippen molar-refractivity contribution in [2.24, 2.45) is 0 Å². The summed E-state index contributed by atoms with van der Waals surface area (Å²) in [6.07, 6.45) is -3.25. The van der Waals surface area contributed by atoms with E-state index in [1.54, 1.807) is 17.5 Å². The summed E-state index contributed by atoms with van der Waals surface area (Å²) in [5, 5.41) is 12.8. The maximum absolute atomic E-state index is 13.2. The number of carbonyl (C=O) groups is 1. The highest BCUT2D eigenvalue weighted by Gasteiger charge is 2.33. The van der Waals surface area contributed by atoms with Gasteiger partial charge in [0, 0.05) is 5.02 Å². The second kappa shape index (κ2) is 11.3. The van der Waals surface area contributed by atoms with Crippen molar-refractivity contribution in [3.63, 3.8) is 0 Å². The molecule has 0 unspecified atom stereocenters. The molecule has 0 aliphatic heterocycles. The zero-order chi connectivity index (χ0) is 25.8. The Morgan fingerprint density at radius 3 is 2.49 bits per heavy atom. The van der Waals surface area contributed by atoms with Crippen LogP contribution in [-0.2, 0) is 22.4 Å². The summed E-state index contributed by atoms with van der Waals surface area (Å²) >= 11 is 13.4. The van der Waals surface area contributed by atoms with Gasteiger partial charge in [-0.05, 0) is 64.4 Å². The van der Waals surface area contributed by atoms with Gasteiger partial charge < -0.3 is 10.1 Å². The van der Waals surface area contributed by atoms with Crippen LogP contribution in [0.1, 0.15) is 22.9 Å². The second-order valence-corrected chi connectivity index (χ2v) is 9.32. The number of rotatable bonds is 8. The number of hydrogen-bond acceptors (Lipinski definition) is 5. The van der Waals surface area contributed by atoms with Gasteiger partial charge >= 0.3 is 12.1 Å². The van der Waals surface area contributed by atoms with E-state index >= 15 is 0 Å². The highest BCUT2D eigenvalue weighted by atomic mass is 35.5. The van der Waals surface area contributed by atoms with Gasteiger partial charge in [0.15, 0.2) is 0 Å². The standard InChI is InChI=1S/C25H21Cl2F3N2O2S/c1-3-14-6-15(9-24(33)34-2)8-16(7-14)17-10-22(35-13-17)21(12-23(31)25(28,29)30)32-20-11-18(26)4-5-19(20)27/h4-8,10-13,31-32H,3,9H2,1-2H3/b21-12-,31-23?. The average Bonchev–Trinajstić information content (AvgIpc) is 3.30. The van der Waals surface area contributed by atoms with Crippen LogP contribution in [0.2, 0.25) is 10.0 Å². The molecular weight excluding hydrogens is 520 g/mol. The molecule has 0 aliphatic rings. The van der Waals surface area contributed by atoms with E-state index in [2.05, 4.69) is 5.32 Å². The molecule has 0 amide bonds. The molecule has 0 spiro atoms. The predicted molar refractivity (Wildman–Crippen MR) is 137 cm³/mol. The number of esters is 1. The summed E-state index contributed by atoms with van der Waals surface area (Å²) in [5.74, 6) is -0.367. The zero-order valence-electron chi connectivity index (χ0n) is 18.7. The van der Waals surface area contributed by atoms with Crippen molar-refractivity contribution in [2.45, 2.75) is 25.9 Å². The minimum atomic E-state index is -4.82. The van der Waals surface area contributed by atoms with Crippen LogP contribution in [0, 0.1) is 5.41 Å². The van der Waals surface area contributed by atoms with Crippen LogP contribution in [0.5, 0.6) is 0 Å². The summed E-state index contributed by atoms with van der Waals surface area (Å²) in [6, 6.07) is 12.0. The minimum absolute atomic E-state index is 0.0502. The lowest BCUT2D eigenvalue weighted by Gasteiger charge is -2.13. The lowest BCUT2D eigenvalue weighted by molar-refractivity contribution is -0.139. The van der Waals surface area contributed by atoms with Crippen molar-refractivity contribution in [2.75, 3.05) is 12.4 Å². The number of halogens is 5. The van der Waals surface area contributed by atoms with Gasteiger partial charge in [-0.2, -0.15) is 13.2 Å².